The summed E-state index contributed by atoms with van der Waals surface area (Å²) in [6.07, 6.45) is 0. The van der Waals surface area contributed by atoms with Gasteiger partial charge in [0.2, 0.25) is 15.9 Å². The van der Waals surface area contributed by atoms with E-state index in [1.807, 2.05) is 26.0 Å². The summed E-state index contributed by atoms with van der Waals surface area (Å²) in [5.41, 5.74) is 1.49. The summed E-state index contributed by atoms with van der Waals surface area (Å²) >= 11 is 0. The van der Waals surface area contributed by atoms with Crippen molar-refractivity contribution in [1.29, 1.82) is 0 Å². The molecule has 0 spiro atoms. The lowest BCUT2D eigenvalue weighted by molar-refractivity contribution is -0.116. The largest absolute Gasteiger partial charge is 0.495 e. The van der Waals surface area contributed by atoms with Gasteiger partial charge in [0.05, 0.1) is 13.7 Å². The molecule has 0 saturated heterocycles. The van der Waals surface area contributed by atoms with Gasteiger partial charge in [-0.3, -0.25) is 4.79 Å². The van der Waals surface area contributed by atoms with Crippen molar-refractivity contribution in [3.8, 4) is 5.75 Å². The van der Waals surface area contributed by atoms with Crippen molar-refractivity contribution in [2.24, 2.45) is 0 Å². The van der Waals surface area contributed by atoms with Gasteiger partial charge in [0.1, 0.15) is 10.6 Å². The van der Waals surface area contributed by atoms with Crippen molar-refractivity contribution in [1.82, 2.24) is 4.31 Å². The molecule has 0 aromatic heterocycles. The second-order valence-corrected chi connectivity index (χ2v) is 8.25. The van der Waals surface area contributed by atoms with Crippen LogP contribution in [0.1, 0.15) is 25.3 Å². The number of nitrogens with one attached hydrogen (secondary N) is 1. The zero-order valence-electron chi connectivity index (χ0n) is 15.4. The standard InChI is InChI=1S/C19H24N2O4S/c1-14(2)15-10-11-17(25-4)18(12-15)26(23,24)21(3)13-19(22)20-16-8-6-5-7-9-16/h5-12,14H,13H2,1-4H3,(H,20,22). The van der Waals surface area contributed by atoms with Gasteiger partial charge >= 0.3 is 0 Å². The van der Waals surface area contributed by atoms with Crippen LogP contribution in [-0.2, 0) is 14.8 Å². The molecule has 2 aromatic carbocycles. The topological polar surface area (TPSA) is 75.7 Å². The number of rotatable bonds is 7. The van der Waals surface area contributed by atoms with E-state index in [0.29, 0.717) is 5.69 Å². The molecule has 1 N–H and O–H groups in total. The number of hydrogen-bond donors (Lipinski definition) is 1. The van der Waals surface area contributed by atoms with Crippen LogP contribution >= 0.6 is 0 Å². The maximum atomic E-state index is 12.9. The second-order valence-electron chi connectivity index (χ2n) is 6.24. The molecule has 2 aromatic rings. The smallest absolute Gasteiger partial charge is 0.246 e. The monoisotopic (exact) mass is 376 g/mol. The molecular formula is C19H24N2O4S. The predicted octanol–water partition coefficient (Wildman–Crippen LogP) is 3.08. The van der Waals surface area contributed by atoms with Gasteiger partial charge in [-0.2, -0.15) is 4.31 Å². The highest BCUT2D eigenvalue weighted by atomic mass is 32.2. The van der Waals surface area contributed by atoms with Crippen LogP contribution < -0.4 is 10.1 Å². The second kappa shape index (κ2) is 8.33. The fraction of sp³-hybridized carbons (Fsp3) is 0.316. The number of carbonyl (C=O) groups excluding carboxylic acids is 1. The summed E-state index contributed by atoms with van der Waals surface area (Å²) in [7, 11) is -1.08. The first-order chi connectivity index (χ1) is 12.3. The van der Waals surface area contributed by atoms with Crippen molar-refractivity contribution in [2.75, 3.05) is 26.0 Å². The van der Waals surface area contributed by atoms with E-state index >= 15 is 0 Å². The number of benzene rings is 2. The molecule has 6 nitrogen and oxygen atoms in total. The molecule has 26 heavy (non-hydrogen) atoms. The third kappa shape index (κ3) is 4.62. The Labute approximate surface area is 154 Å². The maximum absolute atomic E-state index is 12.9. The van der Waals surface area contributed by atoms with Crippen LogP contribution in [0.2, 0.25) is 0 Å². The summed E-state index contributed by atoms with van der Waals surface area (Å²) in [6.45, 7) is 3.66. The zero-order chi connectivity index (χ0) is 19.3. The highest BCUT2D eigenvalue weighted by molar-refractivity contribution is 7.89. The third-order valence-corrected chi connectivity index (χ3v) is 5.79. The molecule has 0 aliphatic heterocycles. The zero-order valence-corrected chi connectivity index (χ0v) is 16.2. The maximum Gasteiger partial charge on any atom is 0.246 e. The van der Waals surface area contributed by atoms with Crippen LogP contribution in [0.3, 0.4) is 0 Å². The Morgan fingerprint density at radius 1 is 1.15 bits per heavy atom. The fourth-order valence-corrected chi connectivity index (χ4v) is 3.74. The van der Waals surface area contributed by atoms with Crippen LogP contribution in [0.15, 0.2) is 53.4 Å². The Bertz CT molecular complexity index is 864. The number of carbonyl (C=O) groups is 1. The van der Waals surface area contributed by atoms with E-state index in [1.54, 1.807) is 36.4 Å². The number of sulfonamides is 1. The SMILES string of the molecule is COc1ccc(C(C)C)cc1S(=O)(=O)N(C)CC(=O)Nc1ccccc1. The van der Waals surface area contributed by atoms with E-state index in [0.717, 1.165) is 9.87 Å². The number of nitrogens with zero attached hydrogens (tertiary/aromatic N) is 1. The van der Waals surface area contributed by atoms with Crippen molar-refractivity contribution in [3.63, 3.8) is 0 Å². The Balaban J connectivity index is 2.23. The van der Waals surface area contributed by atoms with Gasteiger partial charge in [0.25, 0.3) is 0 Å². The van der Waals surface area contributed by atoms with Crippen LogP contribution in [0.5, 0.6) is 5.75 Å². The molecule has 1 amide bonds. The third-order valence-electron chi connectivity index (χ3n) is 3.97. The summed E-state index contributed by atoms with van der Waals surface area (Å²) in [5, 5.41) is 2.68. The summed E-state index contributed by atoms with van der Waals surface area (Å²) in [4.78, 5) is 12.2. The van der Waals surface area contributed by atoms with Crippen molar-refractivity contribution < 1.29 is 17.9 Å². The molecule has 0 bridgehead atoms. The van der Waals surface area contributed by atoms with Crippen LogP contribution in [-0.4, -0.2) is 39.3 Å². The average Bonchev–Trinajstić information content (AvgIpc) is 2.61. The lowest BCUT2D eigenvalue weighted by Gasteiger charge is -2.20. The van der Waals surface area contributed by atoms with Crippen LogP contribution in [0.25, 0.3) is 0 Å². The van der Waals surface area contributed by atoms with Gasteiger partial charge < -0.3 is 10.1 Å². The van der Waals surface area contributed by atoms with E-state index in [1.165, 1.54) is 14.2 Å². The van der Waals surface area contributed by atoms with Gasteiger partial charge in [0, 0.05) is 12.7 Å². The molecule has 0 unspecified atom stereocenters. The molecular weight excluding hydrogens is 352 g/mol. The summed E-state index contributed by atoms with van der Waals surface area (Å²) in [5.74, 6) is 0.00696. The van der Waals surface area contributed by atoms with Gasteiger partial charge in [-0.1, -0.05) is 38.1 Å². The Hall–Kier alpha value is -2.38. The van der Waals surface area contributed by atoms with Crippen LogP contribution in [0, 0.1) is 0 Å². The van der Waals surface area contributed by atoms with Crippen molar-refractivity contribution in [2.45, 2.75) is 24.7 Å². The number of methoxy groups -OCH3 is 1. The van der Waals surface area contributed by atoms with E-state index in [9.17, 15) is 13.2 Å². The lowest BCUT2D eigenvalue weighted by atomic mass is 10.0. The van der Waals surface area contributed by atoms with E-state index < -0.39 is 15.9 Å². The number of ether oxygens (including phenoxy) is 1. The molecule has 0 atom stereocenters. The fourth-order valence-electron chi connectivity index (χ4n) is 2.43. The van der Waals surface area contributed by atoms with E-state index in [4.69, 9.17) is 4.74 Å². The first kappa shape index (κ1) is 19.9. The first-order valence-electron chi connectivity index (χ1n) is 8.25. The molecule has 0 aliphatic rings. The minimum Gasteiger partial charge on any atom is -0.495 e. The van der Waals surface area contributed by atoms with E-state index in [2.05, 4.69) is 5.32 Å². The van der Waals surface area contributed by atoms with E-state index in [-0.39, 0.29) is 23.1 Å². The quantitative estimate of drug-likeness (QED) is 0.806. The number of para-hydroxylation sites is 1. The summed E-state index contributed by atoms with van der Waals surface area (Å²) < 4.78 is 32.1. The molecule has 7 heteroatoms. The normalized spacial score (nSPS) is 11.6. The van der Waals surface area contributed by atoms with Gasteiger partial charge in [0.15, 0.2) is 0 Å². The highest BCUT2D eigenvalue weighted by Gasteiger charge is 2.27. The molecule has 0 aliphatic carbocycles. The Morgan fingerprint density at radius 2 is 1.81 bits per heavy atom. The number of likely N-dealkylation sites (N-methyl/N-ethyl adjacent to an activating group) is 1. The first-order valence-corrected chi connectivity index (χ1v) is 9.69. The van der Waals surface area contributed by atoms with Crippen molar-refractivity contribution >= 4 is 21.6 Å². The molecule has 0 heterocycles. The van der Waals surface area contributed by atoms with Gasteiger partial charge in [-0.15, -0.1) is 0 Å². The van der Waals surface area contributed by atoms with Gasteiger partial charge in [-0.05, 0) is 35.7 Å². The van der Waals surface area contributed by atoms with Crippen molar-refractivity contribution in [3.05, 3.63) is 54.1 Å². The molecule has 140 valence electrons. The Morgan fingerprint density at radius 3 is 2.38 bits per heavy atom. The minimum absolute atomic E-state index is 0.0567. The number of anilines is 1. The Kier molecular flexibility index (Phi) is 6.39. The summed E-state index contributed by atoms with van der Waals surface area (Å²) in [6, 6.07) is 14.0. The van der Waals surface area contributed by atoms with Crippen LogP contribution in [0.4, 0.5) is 5.69 Å². The number of hydrogen-bond acceptors (Lipinski definition) is 4. The molecule has 0 fully saturated rings. The number of amides is 1. The van der Waals surface area contributed by atoms with Gasteiger partial charge in [-0.25, -0.2) is 8.42 Å². The minimum atomic E-state index is -3.88. The average molecular weight is 376 g/mol. The molecule has 0 saturated carbocycles. The highest BCUT2D eigenvalue weighted by Crippen LogP contribution is 2.29. The molecule has 2 rings (SSSR count). The predicted molar refractivity (Wildman–Crippen MR) is 102 cm³/mol. The lowest BCUT2D eigenvalue weighted by Crippen LogP contribution is -2.35. The molecule has 0 radical (unpaired) electrons.